The second kappa shape index (κ2) is 4.92. The van der Waals surface area contributed by atoms with Crippen molar-refractivity contribution in [2.45, 2.75) is 18.4 Å². The number of nitro groups is 1. The van der Waals surface area contributed by atoms with Crippen LogP contribution in [0.5, 0.6) is 0 Å². The van der Waals surface area contributed by atoms with Gasteiger partial charge in [0.2, 0.25) is 0 Å². The summed E-state index contributed by atoms with van der Waals surface area (Å²) in [6, 6.07) is 1.98. The van der Waals surface area contributed by atoms with Crippen LogP contribution in [-0.4, -0.2) is 27.4 Å². The quantitative estimate of drug-likeness (QED) is 0.653. The highest BCUT2D eigenvalue weighted by atomic mass is 35.5. The molecular weight excluding hydrogens is 311 g/mol. The van der Waals surface area contributed by atoms with Gasteiger partial charge in [0.05, 0.1) is 20.5 Å². The van der Waals surface area contributed by atoms with E-state index in [1.54, 1.807) is 0 Å². The number of carboxylic acids is 1. The summed E-state index contributed by atoms with van der Waals surface area (Å²) >= 11 is 11.6. The van der Waals surface area contributed by atoms with Crippen LogP contribution in [0.3, 0.4) is 0 Å². The Labute approximate surface area is 122 Å². The van der Waals surface area contributed by atoms with Crippen LogP contribution in [0.4, 0.5) is 5.69 Å². The van der Waals surface area contributed by atoms with Gasteiger partial charge in [0, 0.05) is 12.1 Å². The summed E-state index contributed by atoms with van der Waals surface area (Å²) in [5.74, 6) is -1.96. The minimum Gasteiger partial charge on any atom is -0.480 e. The Bertz CT molecular complexity index is 627. The number of hydrogen-bond acceptors (Lipinski definition) is 4. The first-order valence-corrected chi connectivity index (χ1v) is 6.22. The number of carbonyl (C=O) groups is 2. The lowest BCUT2D eigenvalue weighted by Gasteiger charge is -2.13. The Balaban J connectivity index is 2.35. The predicted octanol–water partition coefficient (Wildman–Crippen LogP) is 2.25. The van der Waals surface area contributed by atoms with E-state index in [1.165, 1.54) is 0 Å². The number of hydrogen-bond donors (Lipinski definition) is 2. The minimum atomic E-state index is -1.31. The molecule has 0 heterocycles. The van der Waals surface area contributed by atoms with Crippen molar-refractivity contribution in [3.8, 4) is 0 Å². The van der Waals surface area contributed by atoms with E-state index in [4.69, 9.17) is 28.3 Å². The number of halogens is 2. The number of rotatable bonds is 4. The summed E-state index contributed by atoms with van der Waals surface area (Å²) in [4.78, 5) is 33.0. The molecule has 9 heteroatoms. The van der Waals surface area contributed by atoms with E-state index in [-0.39, 0.29) is 15.6 Å². The summed E-state index contributed by atoms with van der Waals surface area (Å²) in [6.45, 7) is 0. The maximum Gasteiger partial charge on any atom is 0.329 e. The zero-order valence-corrected chi connectivity index (χ0v) is 11.4. The van der Waals surface area contributed by atoms with Crippen molar-refractivity contribution in [3.63, 3.8) is 0 Å². The molecule has 7 nitrogen and oxygen atoms in total. The average Bonchev–Trinajstić information content (AvgIpc) is 3.12. The maximum atomic E-state index is 12.0. The number of benzene rings is 1. The predicted molar refractivity (Wildman–Crippen MR) is 70.2 cm³/mol. The van der Waals surface area contributed by atoms with Crippen molar-refractivity contribution in [2.75, 3.05) is 0 Å². The number of carbonyl (C=O) groups excluding carboxylic acids is 1. The molecule has 0 aromatic heterocycles. The summed E-state index contributed by atoms with van der Waals surface area (Å²) in [5.41, 5.74) is -1.93. The molecule has 0 aliphatic heterocycles. The average molecular weight is 319 g/mol. The molecule has 1 amide bonds. The van der Waals surface area contributed by atoms with E-state index >= 15 is 0 Å². The second-order valence-corrected chi connectivity index (χ2v) is 5.17. The lowest BCUT2D eigenvalue weighted by molar-refractivity contribution is -0.384. The fourth-order valence-corrected chi connectivity index (χ4v) is 2.06. The molecule has 1 fully saturated rings. The number of nitro benzene ring substituents is 1. The molecule has 1 aromatic rings. The molecule has 0 unspecified atom stereocenters. The Kier molecular flexibility index (Phi) is 3.58. The van der Waals surface area contributed by atoms with Gasteiger partial charge in [0.15, 0.2) is 0 Å². The Morgan fingerprint density at radius 1 is 1.35 bits per heavy atom. The molecule has 0 bridgehead atoms. The first-order valence-electron chi connectivity index (χ1n) is 5.46. The molecule has 106 valence electrons. The lowest BCUT2D eigenvalue weighted by Crippen LogP contribution is -2.43. The van der Waals surface area contributed by atoms with Gasteiger partial charge in [0.25, 0.3) is 11.6 Å². The van der Waals surface area contributed by atoms with Gasteiger partial charge in [-0.05, 0) is 12.8 Å². The van der Waals surface area contributed by atoms with E-state index in [0.29, 0.717) is 12.8 Å². The van der Waals surface area contributed by atoms with E-state index in [2.05, 4.69) is 5.32 Å². The van der Waals surface area contributed by atoms with Crippen LogP contribution in [0, 0.1) is 10.1 Å². The van der Waals surface area contributed by atoms with Gasteiger partial charge in [-0.2, -0.15) is 0 Å². The first-order chi connectivity index (χ1) is 9.27. The fraction of sp³-hybridized carbons (Fsp3) is 0.273. The van der Waals surface area contributed by atoms with E-state index in [1.807, 2.05) is 0 Å². The van der Waals surface area contributed by atoms with Crippen molar-refractivity contribution in [2.24, 2.45) is 0 Å². The Morgan fingerprint density at radius 3 is 2.40 bits per heavy atom. The Morgan fingerprint density at radius 2 is 1.95 bits per heavy atom. The molecule has 0 atom stereocenters. The zero-order valence-electron chi connectivity index (χ0n) is 9.85. The van der Waals surface area contributed by atoms with Crippen molar-refractivity contribution in [1.82, 2.24) is 5.32 Å². The molecule has 1 saturated carbocycles. The third-order valence-corrected chi connectivity index (χ3v) is 3.78. The minimum absolute atomic E-state index is 0.147. The van der Waals surface area contributed by atoms with E-state index in [0.717, 1.165) is 12.1 Å². The molecule has 0 radical (unpaired) electrons. The molecule has 20 heavy (non-hydrogen) atoms. The number of aliphatic carboxylic acids is 1. The highest BCUT2D eigenvalue weighted by Gasteiger charge is 2.51. The molecule has 1 aromatic carbocycles. The molecule has 0 saturated heterocycles. The van der Waals surface area contributed by atoms with Crippen LogP contribution in [0.2, 0.25) is 10.0 Å². The highest BCUT2D eigenvalue weighted by Crippen LogP contribution is 2.37. The van der Waals surface area contributed by atoms with Crippen LogP contribution in [0.1, 0.15) is 23.2 Å². The Hall–Kier alpha value is -1.86. The summed E-state index contributed by atoms with van der Waals surface area (Å²) < 4.78 is 0. The lowest BCUT2D eigenvalue weighted by atomic mass is 10.1. The van der Waals surface area contributed by atoms with Gasteiger partial charge < -0.3 is 10.4 Å². The normalized spacial score (nSPS) is 15.5. The number of non-ortho nitro benzene ring substituents is 1. The van der Waals surface area contributed by atoms with Crippen LogP contribution < -0.4 is 5.32 Å². The topological polar surface area (TPSA) is 110 Å². The van der Waals surface area contributed by atoms with Gasteiger partial charge in [-0.15, -0.1) is 0 Å². The van der Waals surface area contributed by atoms with Crippen LogP contribution >= 0.6 is 23.2 Å². The SMILES string of the molecule is O=C(NC1(C(=O)O)CC1)c1cc([N+](=O)[O-])cc(Cl)c1Cl. The number of amides is 1. The summed E-state index contributed by atoms with van der Waals surface area (Å²) in [7, 11) is 0. The van der Waals surface area contributed by atoms with Crippen molar-refractivity contribution in [3.05, 3.63) is 37.9 Å². The van der Waals surface area contributed by atoms with E-state index in [9.17, 15) is 19.7 Å². The third-order valence-electron chi connectivity index (χ3n) is 2.98. The summed E-state index contributed by atoms with van der Waals surface area (Å²) in [5, 5.41) is 21.7. The smallest absolute Gasteiger partial charge is 0.329 e. The third kappa shape index (κ3) is 2.54. The van der Waals surface area contributed by atoms with Crippen LogP contribution in [-0.2, 0) is 4.79 Å². The van der Waals surface area contributed by atoms with Gasteiger partial charge in [-0.1, -0.05) is 23.2 Å². The van der Waals surface area contributed by atoms with Gasteiger partial charge >= 0.3 is 5.97 Å². The van der Waals surface area contributed by atoms with Crippen molar-refractivity contribution in [1.29, 1.82) is 0 Å². The van der Waals surface area contributed by atoms with Crippen LogP contribution in [0.25, 0.3) is 0 Å². The number of carboxylic acid groups (broad SMARTS) is 1. The molecule has 2 rings (SSSR count). The first kappa shape index (κ1) is 14.5. The van der Waals surface area contributed by atoms with Crippen molar-refractivity contribution < 1.29 is 19.6 Å². The summed E-state index contributed by atoms with van der Waals surface area (Å²) in [6.07, 6.45) is 0.600. The molecular formula is C11H8Cl2N2O5. The van der Waals surface area contributed by atoms with Gasteiger partial charge in [-0.25, -0.2) is 4.79 Å². The van der Waals surface area contributed by atoms with E-state index < -0.39 is 28.0 Å². The molecule has 1 aliphatic rings. The monoisotopic (exact) mass is 318 g/mol. The maximum absolute atomic E-state index is 12.0. The fourth-order valence-electron chi connectivity index (χ4n) is 1.65. The zero-order chi connectivity index (χ0) is 15.1. The molecule has 1 aliphatic carbocycles. The largest absolute Gasteiger partial charge is 0.480 e. The van der Waals surface area contributed by atoms with Crippen LogP contribution in [0.15, 0.2) is 12.1 Å². The molecule has 2 N–H and O–H groups in total. The highest BCUT2D eigenvalue weighted by molar-refractivity contribution is 6.44. The standard InChI is InChI=1S/C11H8Cl2N2O5/c12-7-4-5(15(19)20)3-6(8(7)13)9(16)14-11(1-2-11)10(17)18/h3-4H,1-2H2,(H,14,16)(H,17,18). The van der Waals surface area contributed by atoms with Gasteiger partial charge in [0.1, 0.15) is 5.54 Å². The number of nitrogens with one attached hydrogen (secondary N) is 1. The number of nitrogens with zero attached hydrogens (tertiary/aromatic N) is 1. The van der Waals surface area contributed by atoms with Gasteiger partial charge in [-0.3, -0.25) is 14.9 Å². The molecule has 0 spiro atoms. The van der Waals surface area contributed by atoms with Crippen molar-refractivity contribution >= 4 is 40.8 Å². The second-order valence-electron chi connectivity index (χ2n) is 4.39.